The predicted octanol–water partition coefficient (Wildman–Crippen LogP) is 1.32. The molecule has 86 valence electrons. The molecule has 2 rings (SSSR count). The number of nitriles is 1. The van der Waals surface area contributed by atoms with Crippen molar-refractivity contribution in [2.24, 2.45) is 7.05 Å². The molecule has 6 heteroatoms. The molecule has 0 bridgehead atoms. The Morgan fingerprint density at radius 1 is 1.47 bits per heavy atom. The Morgan fingerprint density at radius 2 is 2.24 bits per heavy atom. The quantitative estimate of drug-likeness (QED) is 0.808. The Morgan fingerprint density at radius 3 is 2.82 bits per heavy atom. The van der Waals surface area contributed by atoms with Gasteiger partial charge in [0.25, 0.3) is 0 Å². The topological polar surface area (TPSA) is 92.5 Å². The molecule has 0 spiro atoms. The minimum atomic E-state index is 0.219. The van der Waals surface area contributed by atoms with Crippen LogP contribution in [0, 0.1) is 18.3 Å². The second kappa shape index (κ2) is 4.14. The zero-order valence-corrected chi connectivity index (χ0v) is 9.60. The third-order valence-corrected chi connectivity index (χ3v) is 2.31. The maximum absolute atomic E-state index is 8.83. The van der Waals surface area contributed by atoms with E-state index in [-0.39, 0.29) is 5.69 Å². The van der Waals surface area contributed by atoms with Gasteiger partial charge in [0.05, 0.1) is 17.1 Å². The van der Waals surface area contributed by atoms with Gasteiger partial charge >= 0.3 is 0 Å². The van der Waals surface area contributed by atoms with Crippen molar-refractivity contribution >= 4 is 17.2 Å². The predicted molar refractivity (Wildman–Crippen MR) is 64.6 cm³/mol. The van der Waals surface area contributed by atoms with Crippen molar-refractivity contribution in [1.29, 1.82) is 5.26 Å². The van der Waals surface area contributed by atoms with E-state index in [1.165, 1.54) is 0 Å². The molecule has 0 aliphatic rings. The van der Waals surface area contributed by atoms with Crippen LogP contribution in [0.25, 0.3) is 0 Å². The van der Waals surface area contributed by atoms with Crippen LogP contribution in [0.1, 0.15) is 11.4 Å². The highest BCUT2D eigenvalue weighted by atomic mass is 15.3. The van der Waals surface area contributed by atoms with Crippen LogP contribution in [-0.4, -0.2) is 14.8 Å². The summed E-state index contributed by atoms with van der Waals surface area (Å²) in [7, 11) is 1.84. The number of rotatable bonds is 2. The summed E-state index contributed by atoms with van der Waals surface area (Å²) in [5.41, 5.74) is 7.91. The summed E-state index contributed by atoms with van der Waals surface area (Å²) in [5, 5.41) is 16.1. The van der Waals surface area contributed by atoms with Crippen LogP contribution in [-0.2, 0) is 7.05 Å². The fourth-order valence-corrected chi connectivity index (χ4v) is 1.49. The molecule has 0 saturated heterocycles. The Kier molecular flexibility index (Phi) is 2.66. The molecule has 0 amide bonds. The van der Waals surface area contributed by atoms with Gasteiger partial charge in [0, 0.05) is 13.2 Å². The van der Waals surface area contributed by atoms with Crippen molar-refractivity contribution in [1.82, 2.24) is 14.8 Å². The molecule has 6 nitrogen and oxygen atoms in total. The first-order chi connectivity index (χ1) is 8.10. The van der Waals surface area contributed by atoms with Gasteiger partial charge in [0.15, 0.2) is 5.69 Å². The number of pyridine rings is 1. The molecule has 2 heterocycles. The highest BCUT2D eigenvalue weighted by Gasteiger charge is 2.06. The summed E-state index contributed by atoms with van der Waals surface area (Å²) >= 11 is 0. The summed E-state index contributed by atoms with van der Waals surface area (Å²) in [4.78, 5) is 4.10. The normalized spacial score (nSPS) is 9.94. The fraction of sp³-hybridized carbons (Fsp3) is 0.182. The number of aryl methyl sites for hydroxylation is 2. The van der Waals surface area contributed by atoms with Crippen LogP contribution in [0.3, 0.4) is 0 Å². The van der Waals surface area contributed by atoms with E-state index in [1.54, 1.807) is 16.8 Å². The van der Waals surface area contributed by atoms with Crippen LogP contribution < -0.4 is 11.1 Å². The largest absolute Gasteiger partial charge is 0.396 e. The van der Waals surface area contributed by atoms with E-state index in [0.717, 1.165) is 11.4 Å². The molecule has 0 unspecified atom stereocenters. The van der Waals surface area contributed by atoms with E-state index in [2.05, 4.69) is 15.4 Å². The fourth-order valence-electron chi connectivity index (χ4n) is 1.49. The van der Waals surface area contributed by atoms with Gasteiger partial charge in [-0.1, -0.05) is 0 Å². The summed E-state index contributed by atoms with van der Waals surface area (Å²) in [6.45, 7) is 1.89. The third-order valence-electron chi connectivity index (χ3n) is 2.31. The molecular weight excluding hydrogens is 216 g/mol. The van der Waals surface area contributed by atoms with E-state index in [1.807, 2.05) is 26.2 Å². The molecule has 0 aliphatic carbocycles. The number of nitrogens with two attached hydrogens (primary N) is 1. The number of anilines is 3. The SMILES string of the molecule is Cc1nn(C)cc1Nc1ccc(N)c(C#N)n1. The van der Waals surface area contributed by atoms with Crippen LogP contribution in [0.4, 0.5) is 17.2 Å². The van der Waals surface area contributed by atoms with E-state index >= 15 is 0 Å². The average molecular weight is 228 g/mol. The first-order valence-electron chi connectivity index (χ1n) is 5.04. The van der Waals surface area contributed by atoms with Crippen molar-refractivity contribution in [3.8, 4) is 6.07 Å². The van der Waals surface area contributed by atoms with E-state index in [0.29, 0.717) is 11.5 Å². The van der Waals surface area contributed by atoms with Crippen LogP contribution in [0.5, 0.6) is 0 Å². The number of nitrogens with one attached hydrogen (secondary N) is 1. The number of nitrogens with zero attached hydrogens (tertiary/aromatic N) is 4. The molecule has 17 heavy (non-hydrogen) atoms. The maximum Gasteiger partial charge on any atom is 0.165 e. The Labute approximate surface area is 98.7 Å². The highest BCUT2D eigenvalue weighted by Crippen LogP contribution is 2.19. The lowest BCUT2D eigenvalue weighted by molar-refractivity contribution is 0.756. The van der Waals surface area contributed by atoms with Gasteiger partial charge in [-0.05, 0) is 19.1 Å². The van der Waals surface area contributed by atoms with Gasteiger partial charge in [-0.25, -0.2) is 4.98 Å². The lowest BCUT2D eigenvalue weighted by atomic mass is 10.3. The van der Waals surface area contributed by atoms with Crippen molar-refractivity contribution in [2.45, 2.75) is 6.92 Å². The smallest absolute Gasteiger partial charge is 0.165 e. The van der Waals surface area contributed by atoms with Crippen LogP contribution >= 0.6 is 0 Å². The molecule has 2 aromatic heterocycles. The van der Waals surface area contributed by atoms with Gasteiger partial charge in [0.1, 0.15) is 11.9 Å². The molecule has 0 aliphatic heterocycles. The molecular formula is C11H12N6. The standard InChI is InChI=1S/C11H12N6/c1-7-10(6-17(2)16-7)15-11-4-3-8(13)9(5-12)14-11/h3-4,6H,13H2,1-2H3,(H,14,15). The Balaban J connectivity index is 2.31. The monoisotopic (exact) mass is 228 g/mol. The number of nitrogen functional groups attached to an aromatic ring is 1. The Bertz CT molecular complexity index is 592. The van der Waals surface area contributed by atoms with E-state index < -0.39 is 0 Å². The summed E-state index contributed by atoms with van der Waals surface area (Å²) in [5.74, 6) is 0.576. The average Bonchev–Trinajstić information content (AvgIpc) is 2.60. The second-order valence-corrected chi connectivity index (χ2v) is 3.67. The third kappa shape index (κ3) is 2.18. The van der Waals surface area contributed by atoms with Crippen molar-refractivity contribution < 1.29 is 0 Å². The number of hydrogen-bond acceptors (Lipinski definition) is 5. The summed E-state index contributed by atoms with van der Waals surface area (Å²) < 4.78 is 1.71. The molecule has 0 atom stereocenters. The van der Waals surface area contributed by atoms with E-state index in [4.69, 9.17) is 11.0 Å². The van der Waals surface area contributed by atoms with Gasteiger partial charge in [-0.15, -0.1) is 0 Å². The lowest BCUT2D eigenvalue weighted by Crippen LogP contribution is -1.99. The zero-order valence-electron chi connectivity index (χ0n) is 9.60. The van der Waals surface area contributed by atoms with Gasteiger partial charge < -0.3 is 11.1 Å². The first-order valence-corrected chi connectivity index (χ1v) is 5.04. The van der Waals surface area contributed by atoms with E-state index in [9.17, 15) is 0 Å². The number of aromatic nitrogens is 3. The molecule has 2 aromatic rings. The van der Waals surface area contributed by atoms with Gasteiger partial charge in [-0.2, -0.15) is 10.4 Å². The molecule has 0 saturated carbocycles. The van der Waals surface area contributed by atoms with Crippen molar-refractivity contribution in [3.63, 3.8) is 0 Å². The lowest BCUT2D eigenvalue weighted by Gasteiger charge is -2.04. The van der Waals surface area contributed by atoms with Crippen LogP contribution in [0.2, 0.25) is 0 Å². The Hall–Kier alpha value is -2.55. The zero-order chi connectivity index (χ0) is 12.4. The van der Waals surface area contributed by atoms with Crippen molar-refractivity contribution in [2.75, 3.05) is 11.1 Å². The molecule has 3 N–H and O–H groups in total. The second-order valence-electron chi connectivity index (χ2n) is 3.67. The molecule has 0 aromatic carbocycles. The summed E-state index contributed by atoms with van der Waals surface area (Å²) in [6.07, 6.45) is 1.85. The van der Waals surface area contributed by atoms with Crippen LogP contribution in [0.15, 0.2) is 18.3 Å². The summed E-state index contributed by atoms with van der Waals surface area (Å²) in [6, 6.07) is 5.32. The number of hydrogen-bond donors (Lipinski definition) is 2. The maximum atomic E-state index is 8.83. The first kappa shape index (κ1) is 11.0. The highest BCUT2D eigenvalue weighted by molar-refractivity contribution is 5.61. The van der Waals surface area contributed by atoms with Gasteiger partial charge in [0.2, 0.25) is 0 Å². The minimum absolute atomic E-state index is 0.219. The molecule has 0 radical (unpaired) electrons. The van der Waals surface area contributed by atoms with Gasteiger partial charge in [-0.3, -0.25) is 4.68 Å². The van der Waals surface area contributed by atoms with Crippen molar-refractivity contribution in [3.05, 3.63) is 29.7 Å². The minimum Gasteiger partial charge on any atom is -0.396 e. The molecule has 0 fully saturated rings.